The Kier molecular flexibility index (Phi) is 3.40. The lowest BCUT2D eigenvalue weighted by molar-refractivity contribution is -0.128. The number of hydrogen-bond donors (Lipinski definition) is 0. The van der Waals surface area contributed by atoms with Crippen molar-refractivity contribution in [2.75, 3.05) is 18.5 Å². The molecule has 2 unspecified atom stereocenters. The van der Waals surface area contributed by atoms with Gasteiger partial charge >= 0.3 is 0 Å². The van der Waals surface area contributed by atoms with E-state index in [1.54, 1.807) is 22.8 Å². The molecule has 124 valence electrons. The van der Waals surface area contributed by atoms with Crippen LogP contribution in [0.25, 0.3) is 0 Å². The number of anilines is 1. The zero-order valence-corrected chi connectivity index (χ0v) is 13.8. The fraction of sp³-hybridized carbons (Fsp3) is 0.389. The molecule has 2 amide bonds. The Bertz CT molecular complexity index is 813. The van der Waals surface area contributed by atoms with E-state index in [2.05, 4.69) is 11.2 Å². The number of nitrogens with zero attached hydrogens (tertiary/aromatic N) is 4. The van der Waals surface area contributed by atoms with Crippen molar-refractivity contribution >= 4 is 17.5 Å². The Morgan fingerprint density at radius 3 is 2.75 bits per heavy atom. The molecule has 1 saturated heterocycles. The molecular formula is C18H20N4O2. The molecule has 3 heterocycles. The van der Waals surface area contributed by atoms with Gasteiger partial charge in [0.25, 0.3) is 0 Å². The molecule has 0 saturated carbocycles. The molecule has 4 rings (SSSR count). The monoisotopic (exact) mass is 324 g/mol. The average Bonchev–Trinajstić information content (AvgIpc) is 3.26. The topological polar surface area (TPSA) is 58.4 Å². The first-order valence-corrected chi connectivity index (χ1v) is 8.21. The Hall–Kier alpha value is -2.63. The van der Waals surface area contributed by atoms with Crippen molar-refractivity contribution in [2.45, 2.75) is 18.9 Å². The molecule has 2 aliphatic rings. The smallest absolute Gasteiger partial charge is 0.233 e. The van der Waals surface area contributed by atoms with Gasteiger partial charge in [0.05, 0.1) is 17.7 Å². The Labute approximate surface area is 140 Å². The maximum Gasteiger partial charge on any atom is 0.233 e. The molecule has 1 fully saturated rings. The molecule has 1 aromatic carbocycles. The summed E-state index contributed by atoms with van der Waals surface area (Å²) in [4.78, 5) is 29.1. The maximum absolute atomic E-state index is 13.2. The van der Waals surface area contributed by atoms with Crippen LogP contribution in [-0.2, 0) is 23.1 Å². The highest BCUT2D eigenvalue weighted by molar-refractivity contribution is 6.01. The van der Waals surface area contributed by atoms with Gasteiger partial charge in [-0.1, -0.05) is 18.2 Å². The van der Waals surface area contributed by atoms with E-state index >= 15 is 0 Å². The third-order valence-corrected chi connectivity index (χ3v) is 5.22. The Morgan fingerprint density at radius 1 is 1.21 bits per heavy atom. The molecule has 24 heavy (non-hydrogen) atoms. The fourth-order valence-corrected chi connectivity index (χ4v) is 3.94. The van der Waals surface area contributed by atoms with Crippen LogP contribution in [0.15, 0.2) is 36.5 Å². The number of aryl methyl sites for hydroxylation is 1. The van der Waals surface area contributed by atoms with Crippen LogP contribution in [0.1, 0.15) is 23.7 Å². The summed E-state index contributed by atoms with van der Waals surface area (Å²) < 4.78 is 1.75. The lowest BCUT2D eigenvalue weighted by atomic mass is 9.95. The number of amides is 2. The molecule has 0 bridgehead atoms. The standard InChI is InChI=1S/C18H20N4O2/c1-20-16(23)11-13(17(20)15-7-9-19-21(15)2)18(24)22-10-8-12-5-3-4-6-14(12)22/h3-7,9,13,17H,8,10-11H2,1-2H3. The lowest BCUT2D eigenvalue weighted by Gasteiger charge is -2.27. The highest BCUT2D eigenvalue weighted by Gasteiger charge is 2.46. The van der Waals surface area contributed by atoms with Crippen LogP contribution in [0.3, 0.4) is 0 Å². The largest absolute Gasteiger partial charge is 0.336 e. The number of rotatable bonds is 2. The van der Waals surface area contributed by atoms with Crippen LogP contribution in [-0.4, -0.2) is 40.1 Å². The molecule has 6 heteroatoms. The van der Waals surface area contributed by atoms with Crippen LogP contribution in [0, 0.1) is 5.92 Å². The molecule has 1 aromatic heterocycles. The van der Waals surface area contributed by atoms with Crippen molar-refractivity contribution in [2.24, 2.45) is 13.0 Å². The van der Waals surface area contributed by atoms with Crippen LogP contribution >= 0.6 is 0 Å². The van der Waals surface area contributed by atoms with Crippen LogP contribution in [0.4, 0.5) is 5.69 Å². The SMILES string of the molecule is CN1C(=O)CC(C(=O)N2CCc3ccccc32)C1c1ccnn1C. The first kappa shape index (κ1) is 14.9. The van der Waals surface area contributed by atoms with Gasteiger partial charge in [0.1, 0.15) is 0 Å². The summed E-state index contributed by atoms with van der Waals surface area (Å²) in [6, 6.07) is 9.63. The lowest BCUT2D eigenvalue weighted by Crippen LogP contribution is -2.38. The van der Waals surface area contributed by atoms with Crippen molar-refractivity contribution in [3.8, 4) is 0 Å². The van der Waals surface area contributed by atoms with Gasteiger partial charge in [0.15, 0.2) is 0 Å². The van der Waals surface area contributed by atoms with Crippen molar-refractivity contribution in [3.05, 3.63) is 47.8 Å². The summed E-state index contributed by atoms with van der Waals surface area (Å²) >= 11 is 0. The van der Waals surface area contributed by atoms with Crippen LogP contribution in [0.5, 0.6) is 0 Å². The van der Waals surface area contributed by atoms with Crippen molar-refractivity contribution < 1.29 is 9.59 Å². The quantitative estimate of drug-likeness (QED) is 0.842. The number of carbonyl (C=O) groups excluding carboxylic acids is 2. The second-order valence-corrected chi connectivity index (χ2v) is 6.51. The molecule has 0 N–H and O–H groups in total. The van der Waals surface area contributed by atoms with E-state index in [-0.39, 0.29) is 30.2 Å². The van der Waals surface area contributed by atoms with E-state index in [0.717, 1.165) is 17.8 Å². The van der Waals surface area contributed by atoms with Gasteiger partial charge in [-0.2, -0.15) is 5.10 Å². The molecule has 2 aromatic rings. The summed E-state index contributed by atoms with van der Waals surface area (Å²) in [7, 11) is 3.61. The maximum atomic E-state index is 13.2. The first-order valence-electron chi connectivity index (χ1n) is 8.21. The number of hydrogen-bond acceptors (Lipinski definition) is 3. The predicted molar refractivity (Wildman–Crippen MR) is 89.3 cm³/mol. The number of aromatic nitrogens is 2. The third-order valence-electron chi connectivity index (χ3n) is 5.22. The summed E-state index contributed by atoms with van der Waals surface area (Å²) in [5.74, 6) is -0.333. The minimum atomic E-state index is -0.371. The number of fused-ring (bicyclic) bond motifs is 1. The van der Waals surface area contributed by atoms with Crippen molar-refractivity contribution in [3.63, 3.8) is 0 Å². The van der Waals surface area contributed by atoms with E-state index in [1.165, 1.54) is 5.56 Å². The zero-order chi connectivity index (χ0) is 16.8. The van der Waals surface area contributed by atoms with Crippen molar-refractivity contribution in [1.29, 1.82) is 0 Å². The van der Waals surface area contributed by atoms with E-state index in [9.17, 15) is 9.59 Å². The Balaban J connectivity index is 1.69. The van der Waals surface area contributed by atoms with E-state index in [4.69, 9.17) is 0 Å². The predicted octanol–water partition coefficient (Wildman–Crippen LogP) is 1.53. The highest BCUT2D eigenvalue weighted by Crippen LogP contribution is 2.40. The molecule has 2 atom stereocenters. The van der Waals surface area contributed by atoms with Gasteiger partial charge < -0.3 is 9.80 Å². The van der Waals surface area contributed by atoms with Gasteiger partial charge in [-0.05, 0) is 24.1 Å². The molecule has 2 aliphatic heterocycles. The van der Waals surface area contributed by atoms with Gasteiger partial charge in [0, 0.05) is 38.9 Å². The van der Waals surface area contributed by atoms with Gasteiger partial charge in [-0.3, -0.25) is 14.3 Å². The van der Waals surface area contributed by atoms with E-state index in [1.807, 2.05) is 36.2 Å². The van der Waals surface area contributed by atoms with E-state index < -0.39 is 0 Å². The highest BCUT2D eigenvalue weighted by atomic mass is 16.2. The minimum Gasteiger partial charge on any atom is -0.336 e. The summed E-state index contributed by atoms with van der Waals surface area (Å²) in [6.07, 6.45) is 2.83. The van der Waals surface area contributed by atoms with Gasteiger partial charge in [0.2, 0.25) is 11.8 Å². The number of para-hydroxylation sites is 1. The van der Waals surface area contributed by atoms with Crippen LogP contribution < -0.4 is 4.90 Å². The summed E-state index contributed by atoms with van der Waals surface area (Å²) in [6.45, 7) is 0.685. The number of carbonyl (C=O) groups is 2. The molecule has 6 nitrogen and oxygen atoms in total. The fourth-order valence-electron chi connectivity index (χ4n) is 3.94. The molecule has 0 radical (unpaired) electrons. The summed E-state index contributed by atoms with van der Waals surface area (Å²) in [5, 5.41) is 4.20. The number of benzene rings is 1. The molecular weight excluding hydrogens is 304 g/mol. The van der Waals surface area contributed by atoms with Crippen molar-refractivity contribution in [1.82, 2.24) is 14.7 Å². The average molecular weight is 324 g/mol. The number of likely N-dealkylation sites (tertiary alicyclic amines) is 1. The second kappa shape index (κ2) is 5.47. The van der Waals surface area contributed by atoms with Gasteiger partial charge in [-0.15, -0.1) is 0 Å². The minimum absolute atomic E-state index is 0.00651. The summed E-state index contributed by atoms with van der Waals surface area (Å²) in [5.41, 5.74) is 3.07. The second-order valence-electron chi connectivity index (χ2n) is 6.51. The van der Waals surface area contributed by atoms with E-state index in [0.29, 0.717) is 6.54 Å². The molecule has 0 aliphatic carbocycles. The Morgan fingerprint density at radius 2 is 2.00 bits per heavy atom. The zero-order valence-electron chi connectivity index (χ0n) is 13.8. The first-order chi connectivity index (χ1) is 11.6. The van der Waals surface area contributed by atoms with Crippen LogP contribution in [0.2, 0.25) is 0 Å². The van der Waals surface area contributed by atoms with Gasteiger partial charge in [-0.25, -0.2) is 0 Å². The molecule has 0 spiro atoms. The third kappa shape index (κ3) is 2.13. The normalized spacial score (nSPS) is 23.0.